The molecular formula is C16H24O2. The quantitative estimate of drug-likeness (QED) is 0.867. The number of ether oxygens (including phenoxy) is 1. The van der Waals surface area contributed by atoms with Crippen molar-refractivity contribution >= 4 is 0 Å². The highest BCUT2D eigenvalue weighted by molar-refractivity contribution is 5.22. The minimum atomic E-state index is -0.277. The van der Waals surface area contributed by atoms with Crippen LogP contribution in [0.2, 0.25) is 0 Å². The molecule has 0 saturated carbocycles. The van der Waals surface area contributed by atoms with Gasteiger partial charge in [-0.3, -0.25) is 0 Å². The minimum absolute atomic E-state index is 0.267. The summed E-state index contributed by atoms with van der Waals surface area (Å²) in [5.41, 5.74) is 2.57. The van der Waals surface area contributed by atoms with Gasteiger partial charge in [0.05, 0.1) is 12.2 Å². The average Bonchev–Trinajstić information content (AvgIpc) is 2.40. The van der Waals surface area contributed by atoms with Gasteiger partial charge in [0.2, 0.25) is 0 Å². The van der Waals surface area contributed by atoms with Crippen LogP contribution in [0.5, 0.6) is 0 Å². The van der Waals surface area contributed by atoms with Gasteiger partial charge in [0.25, 0.3) is 0 Å². The summed E-state index contributed by atoms with van der Waals surface area (Å²) in [6.45, 7) is 3.02. The molecule has 0 radical (unpaired) electrons. The Balaban J connectivity index is 1.80. The second-order valence-electron chi connectivity index (χ2n) is 5.25. The number of aliphatic hydroxyl groups is 1. The van der Waals surface area contributed by atoms with Crippen LogP contribution in [0.1, 0.15) is 43.7 Å². The molecule has 0 spiro atoms. The Morgan fingerprint density at radius 1 is 1.22 bits per heavy atom. The lowest BCUT2D eigenvalue weighted by atomic mass is 9.98. The molecule has 1 aliphatic heterocycles. The molecule has 1 saturated heterocycles. The smallest absolute Gasteiger partial charge is 0.0605 e. The monoisotopic (exact) mass is 248 g/mol. The highest BCUT2D eigenvalue weighted by atomic mass is 16.5. The van der Waals surface area contributed by atoms with Crippen molar-refractivity contribution in [3.63, 3.8) is 0 Å². The lowest BCUT2D eigenvalue weighted by Crippen LogP contribution is -2.25. The first kappa shape index (κ1) is 13.6. The molecule has 1 N–H and O–H groups in total. The van der Waals surface area contributed by atoms with Crippen molar-refractivity contribution in [1.82, 2.24) is 0 Å². The van der Waals surface area contributed by atoms with E-state index in [1.165, 1.54) is 24.0 Å². The van der Waals surface area contributed by atoms with E-state index in [2.05, 4.69) is 31.2 Å². The lowest BCUT2D eigenvalue weighted by molar-refractivity contribution is -0.0147. The van der Waals surface area contributed by atoms with Gasteiger partial charge in [0.15, 0.2) is 0 Å². The minimum Gasteiger partial charge on any atom is -0.393 e. The molecule has 2 nitrogen and oxygen atoms in total. The fraction of sp³-hybridized carbons (Fsp3) is 0.625. The first-order valence-electron chi connectivity index (χ1n) is 7.15. The fourth-order valence-electron chi connectivity index (χ4n) is 2.56. The molecule has 1 aromatic carbocycles. The van der Waals surface area contributed by atoms with Crippen molar-refractivity contribution in [1.29, 1.82) is 0 Å². The van der Waals surface area contributed by atoms with Gasteiger partial charge in [0, 0.05) is 6.61 Å². The molecule has 1 heterocycles. The third-order valence-corrected chi connectivity index (χ3v) is 3.71. The first-order valence-corrected chi connectivity index (χ1v) is 7.15. The molecule has 1 aliphatic rings. The van der Waals surface area contributed by atoms with E-state index in [0.29, 0.717) is 0 Å². The molecule has 100 valence electrons. The summed E-state index contributed by atoms with van der Waals surface area (Å²) in [5.74, 6) is 0. The average molecular weight is 248 g/mol. The molecule has 0 amide bonds. The summed E-state index contributed by atoms with van der Waals surface area (Å²) in [6.07, 6.45) is 6.08. The largest absolute Gasteiger partial charge is 0.393 e. The molecule has 2 heteroatoms. The van der Waals surface area contributed by atoms with Gasteiger partial charge >= 0.3 is 0 Å². The van der Waals surface area contributed by atoms with Crippen LogP contribution in [0, 0.1) is 0 Å². The third kappa shape index (κ3) is 4.11. The summed E-state index contributed by atoms with van der Waals surface area (Å²) in [7, 11) is 0. The SMILES string of the molecule is CCc1ccc(CC(O)CC2CCCCO2)cc1. The van der Waals surface area contributed by atoms with E-state index in [4.69, 9.17) is 4.74 Å². The van der Waals surface area contributed by atoms with Crippen LogP contribution in [0.4, 0.5) is 0 Å². The molecule has 0 bridgehead atoms. The summed E-state index contributed by atoms with van der Waals surface area (Å²) in [5, 5.41) is 10.1. The second kappa shape index (κ2) is 6.91. The number of aliphatic hydroxyl groups excluding tert-OH is 1. The molecule has 0 aliphatic carbocycles. The Labute approximate surface area is 110 Å². The van der Waals surface area contributed by atoms with E-state index < -0.39 is 0 Å². The Kier molecular flexibility index (Phi) is 5.21. The van der Waals surface area contributed by atoms with E-state index in [1.54, 1.807) is 0 Å². The molecule has 1 aromatic rings. The maximum absolute atomic E-state index is 10.1. The lowest BCUT2D eigenvalue weighted by Gasteiger charge is -2.24. The van der Waals surface area contributed by atoms with E-state index in [9.17, 15) is 5.11 Å². The van der Waals surface area contributed by atoms with Crippen LogP contribution < -0.4 is 0 Å². The van der Waals surface area contributed by atoms with Crippen molar-refractivity contribution in [2.45, 2.75) is 57.7 Å². The Morgan fingerprint density at radius 3 is 2.56 bits per heavy atom. The maximum Gasteiger partial charge on any atom is 0.0605 e. The third-order valence-electron chi connectivity index (χ3n) is 3.71. The van der Waals surface area contributed by atoms with E-state index >= 15 is 0 Å². The molecular weight excluding hydrogens is 224 g/mol. The van der Waals surface area contributed by atoms with Gasteiger partial charge in [-0.25, -0.2) is 0 Å². The van der Waals surface area contributed by atoms with Crippen LogP contribution in [0.3, 0.4) is 0 Å². The van der Waals surface area contributed by atoms with Crippen LogP contribution in [0.25, 0.3) is 0 Å². The van der Waals surface area contributed by atoms with Gasteiger partial charge in [-0.2, -0.15) is 0 Å². The zero-order valence-corrected chi connectivity index (χ0v) is 11.3. The number of hydrogen-bond donors (Lipinski definition) is 1. The Hall–Kier alpha value is -0.860. The van der Waals surface area contributed by atoms with Gasteiger partial charge in [0.1, 0.15) is 0 Å². The number of hydrogen-bond acceptors (Lipinski definition) is 2. The second-order valence-corrected chi connectivity index (χ2v) is 5.25. The summed E-state index contributed by atoms with van der Waals surface area (Å²) < 4.78 is 5.66. The normalized spacial score (nSPS) is 21.8. The predicted molar refractivity (Wildman–Crippen MR) is 73.7 cm³/mol. The van der Waals surface area contributed by atoms with Gasteiger partial charge in [-0.05, 0) is 49.7 Å². The van der Waals surface area contributed by atoms with E-state index in [-0.39, 0.29) is 12.2 Å². The van der Waals surface area contributed by atoms with Crippen molar-refractivity contribution < 1.29 is 9.84 Å². The number of benzene rings is 1. The molecule has 2 unspecified atom stereocenters. The number of rotatable bonds is 5. The molecule has 1 fully saturated rings. The highest BCUT2D eigenvalue weighted by Gasteiger charge is 2.18. The summed E-state index contributed by atoms with van der Waals surface area (Å²) in [4.78, 5) is 0. The van der Waals surface area contributed by atoms with Crippen molar-refractivity contribution in [2.75, 3.05) is 6.61 Å². The molecule has 2 rings (SSSR count). The zero-order valence-electron chi connectivity index (χ0n) is 11.3. The van der Waals surface area contributed by atoms with Crippen molar-refractivity contribution in [3.8, 4) is 0 Å². The number of aryl methyl sites for hydroxylation is 1. The van der Waals surface area contributed by atoms with Crippen LogP contribution in [-0.4, -0.2) is 23.9 Å². The predicted octanol–water partition coefficient (Wildman–Crippen LogP) is 3.11. The summed E-state index contributed by atoms with van der Waals surface area (Å²) >= 11 is 0. The maximum atomic E-state index is 10.1. The van der Waals surface area contributed by atoms with Crippen molar-refractivity contribution in [2.24, 2.45) is 0 Å². The van der Waals surface area contributed by atoms with Gasteiger partial charge in [-0.15, -0.1) is 0 Å². The molecule has 18 heavy (non-hydrogen) atoms. The first-order chi connectivity index (χ1) is 8.78. The Morgan fingerprint density at radius 2 is 1.94 bits per heavy atom. The van der Waals surface area contributed by atoms with Crippen LogP contribution >= 0.6 is 0 Å². The fourth-order valence-corrected chi connectivity index (χ4v) is 2.56. The molecule has 2 atom stereocenters. The highest BCUT2D eigenvalue weighted by Crippen LogP contribution is 2.19. The summed E-state index contributed by atoms with van der Waals surface area (Å²) in [6, 6.07) is 8.56. The molecule has 0 aromatic heterocycles. The van der Waals surface area contributed by atoms with E-state index in [0.717, 1.165) is 32.3 Å². The van der Waals surface area contributed by atoms with Crippen molar-refractivity contribution in [3.05, 3.63) is 35.4 Å². The topological polar surface area (TPSA) is 29.5 Å². The van der Waals surface area contributed by atoms with E-state index in [1.807, 2.05) is 0 Å². The van der Waals surface area contributed by atoms with Crippen LogP contribution in [0.15, 0.2) is 24.3 Å². The van der Waals surface area contributed by atoms with Gasteiger partial charge < -0.3 is 9.84 Å². The zero-order chi connectivity index (χ0) is 12.8. The van der Waals surface area contributed by atoms with Gasteiger partial charge in [-0.1, -0.05) is 31.2 Å². The Bertz CT molecular complexity index is 339. The standard InChI is InChI=1S/C16H24O2/c1-2-13-6-8-14(9-7-13)11-15(17)12-16-5-3-4-10-18-16/h6-9,15-17H,2-5,10-12H2,1H3. The van der Waals surface area contributed by atoms with Crippen LogP contribution in [-0.2, 0) is 17.6 Å².